The monoisotopic (exact) mass is 392 g/mol. The molecule has 0 aromatic heterocycles. The average molecular weight is 392 g/mol. The van der Waals surface area contributed by atoms with Crippen LogP contribution in [0.15, 0.2) is 54.6 Å². The SMILES string of the molecule is O=C1CC(c2ccccc2)([C@@H]2CCN(CCCc3ccc(O)cc3)C2)CC(=O)N1. The molecule has 0 radical (unpaired) electrons. The Morgan fingerprint density at radius 1 is 1.00 bits per heavy atom. The molecule has 0 bridgehead atoms. The standard InChI is InChI=1S/C24H28N2O3/c27-21-10-8-18(9-11-21)5-4-13-26-14-12-20(17-26)24(19-6-2-1-3-7-19)15-22(28)25-23(29)16-24/h1-3,6-11,20,27H,4-5,12-17H2,(H,25,28,29)/t20-/m1/s1. The van der Waals surface area contributed by atoms with Crippen LogP contribution >= 0.6 is 0 Å². The quantitative estimate of drug-likeness (QED) is 0.742. The van der Waals surface area contributed by atoms with Gasteiger partial charge < -0.3 is 10.0 Å². The van der Waals surface area contributed by atoms with Crippen molar-refractivity contribution >= 4 is 11.8 Å². The Bertz CT molecular complexity index is 847. The van der Waals surface area contributed by atoms with Gasteiger partial charge in [0.05, 0.1) is 0 Å². The Morgan fingerprint density at radius 3 is 2.38 bits per heavy atom. The normalized spacial score (nSPS) is 21.9. The lowest BCUT2D eigenvalue weighted by atomic mass is 9.64. The van der Waals surface area contributed by atoms with Gasteiger partial charge in [-0.3, -0.25) is 14.9 Å². The largest absolute Gasteiger partial charge is 0.508 e. The maximum atomic E-state index is 12.3. The number of carbonyl (C=O) groups excluding carboxylic acids is 2. The summed E-state index contributed by atoms with van der Waals surface area (Å²) in [7, 11) is 0. The summed E-state index contributed by atoms with van der Waals surface area (Å²) in [6.07, 6.45) is 3.81. The molecule has 152 valence electrons. The minimum Gasteiger partial charge on any atom is -0.508 e. The van der Waals surface area contributed by atoms with Crippen LogP contribution in [0.4, 0.5) is 0 Å². The van der Waals surface area contributed by atoms with Crippen LogP contribution in [0.2, 0.25) is 0 Å². The molecule has 5 heteroatoms. The van der Waals surface area contributed by atoms with E-state index in [4.69, 9.17) is 0 Å². The average Bonchev–Trinajstić information content (AvgIpc) is 3.19. The lowest BCUT2D eigenvalue weighted by Crippen LogP contribution is -2.51. The lowest BCUT2D eigenvalue weighted by Gasteiger charge is -2.41. The van der Waals surface area contributed by atoms with E-state index in [9.17, 15) is 14.7 Å². The fraction of sp³-hybridized carbons (Fsp3) is 0.417. The summed E-state index contributed by atoms with van der Waals surface area (Å²) in [4.78, 5) is 27.0. The van der Waals surface area contributed by atoms with Crippen molar-refractivity contribution in [1.82, 2.24) is 10.2 Å². The molecule has 0 aliphatic carbocycles. The summed E-state index contributed by atoms with van der Waals surface area (Å²) in [6, 6.07) is 17.5. The molecule has 2 fully saturated rings. The van der Waals surface area contributed by atoms with Crippen LogP contribution in [-0.4, -0.2) is 41.5 Å². The lowest BCUT2D eigenvalue weighted by molar-refractivity contribution is -0.136. The van der Waals surface area contributed by atoms with Crippen LogP contribution in [0.25, 0.3) is 0 Å². The van der Waals surface area contributed by atoms with Gasteiger partial charge in [-0.05, 0) is 61.5 Å². The van der Waals surface area contributed by atoms with Gasteiger partial charge in [-0.1, -0.05) is 42.5 Å². The van der Waals surface area contributed by atoms with Crippen molar-refractivity contribution in [2.45, 2.75) is 37.5 Å². The molecule has 2 amide bonds. The van der Waals surface area contributed by atoms with Gasteiger partial charge in [0.1, 0.15) is 5.75 Å². The smallest absolute Gasteiger partial charge is 0.227 e. The number of hydrogen-bond donors (Lipinski definition) is 2. The number of hydrogen-bond acceptors (Lipinski definition) is 4. The molecular weight excluding hydrogens is 364 g/mol. The van der Waals surface area contributed by atoms with Gasteiger partial charge in [-0.2, -0.15) is 0 Å². The van der Waals surface area contributed by atoms with Gasteiger partial charge in [-0.25, -0.2) is 0 Å². The number of piperidine rings is 1. The Labute approximate surface area is 171 Å². The van der Waals surface area contributed by atoms with Crippen molar-refractivity contribution in [3.63, 3.8) is 0 Å². The van der Waals surface area contributed by atoms with E-state index in [1.807, 2.05) is 30.3 Å². The molecule has 0 unspecified atom stereocenters. The van der Waals surface area contributed by atoms with Crippen molar-refractivity contribution in [2.24, 2.45) is 5.92 Å². The molecule has 5 nitrogen and oxygen atoms in total. The van der Waals surface area contributed by atoms with Crippen molar-refractivity contribution in [3.8, 4) is 5.75 Å². The van der Waals surface area contributed by atoms with E-state index < -0.39 is 5.41 Å². The fourth-order valence-electron chi connectivity index (χ4n) is 5.03. The zero-order chi connectivity index (χ0) is 20.3. The van der Waals surface area contributed by atoms with Crippen LogP contribution < -0.4 is 5.32 Å². The summed E-state index contributed by atoms with van der Waals surface area (Å²) >= 11 is 0. The Kier molecular flexibility index (Phi) is 5.67. The molecule has 0 saturated carbocycles. The van der Waals surface area contributed by atoms with Crippen LogP contribution in [0, 0.1) is 5.92 Å². The highest BCUT2D eigenvalue weighted by atomic mass is 16.3. The molecule has 4 rings (SSSR count). The summed E-state index contributed by atoms with van der Waals surface area (Å²) in [5.74, 6) is 0.286. The van der Waals surface area contributed by atoms with Gasteiger partial charge in [-0.15, -0.1) is 0 Å². The van der Waals surface area contributed by atoms with E-state index in [2.05, 4.69) is 22.3 Å². The van der Waals surface area contributed by atoms with E-state index in [0.717, 1.165) is 44.5 Å². The predicted octanol–water partition coefficient (Wildman–Crippen LogP) is 3.02. The summed E-state index contributed by atoms with van der Waals surface area (Å²) in [6.45, 7) is 2.93. The van der Waals surface area contributed by atoms with E-state index in [0.29, 0.717) is 24.5 Å². The fourth-order valence-corrected chi connectivity index (χ4v) is 5.03. The molecule has 2 aliphatic rings. The van der Waals surface area contributed by atoms with Gasteiger partial charge in [0, 0.05) is 24.8 Å². The summed E-state index contributed by atoms with van der Waals surface area (Å²) in [5, 5.41) is 11.9. The molecule has 2 N–H and O–H groups in total. The van der Waals surface area contributed by atoms with Gasteiger partial charge >= 0.3 is 0 Å². The van der Waals surface area contributed by atoms with E-state index in [-0.39, 0.29) is 11.8 Å². The maximum Gasteiger partial charge on any atom is 0.227 e. The first-order chi connectivity index (χ1) is 14.0. The van der Waals surface area contributed by atoms with Crippen molar-refractivity contribution < 1.29 is 14.7 Å². The molecule has 1 atom stereocenters. The molecule has 29 heavy (non-hydrogen) atoms. The van der Waals surface area contributed by atoms with E-state index in [1.165, 1.54) is 5.56 Å². The first-order valence-electron chi connectivity index (χ1n) is 10.4. The molecule has 2 saturated heterocycles. The summed E-state index contributed by atoms with van der Waals surface area (Å²) < 4.78 is 0. The second kappa shape index (κ2) is 8.37. The van der Waals surface area contributed by atoms with Crippen LogP contribution in [0.5, 0.6) is 5.75 Å². The molecule has 2 heterocycles. The minimum atomic E-state index is -0.396. The topological polar surface area (TPSA) is 69.6 Å². The number of nitrogens with one attached hydrogen (secondary N) is 1. The highest BCUT2D eigenvalue weighted by Gasteiger charge is 2.48. The second-order valence-corrected chi connectivity index (χ2v) is 8.40. The zero-order valence-corrected chi connectivity index (χ0v) is 16.6. The van der Waals surface area contributed by atoms with E-state index >= 15 is 0 Å². The van der Waals surface area contributed by atoms with Crippen LogP contribution in [0.1, 0.15) is 36.8 Å². The maximum absolute atomic E-state index is 12.3. The van der Waals surface area contributed by atoms with Crippen molar-refractivity contribution in [2.75, 3.05) is 19.6 Å². The highest BCUT2D eigenvalue weighted by molar-refractivity contribution is 5.99. The number of benzene rings is 2. The number of nitrogens with zero attached hydrogens (tertiary/aromatic N) is 1. The van der Waals surface area contributed by atoms with Crippen molar-refractivity contribution in [1.29, 1.82) is 0 Å². The van der Waals surface area contributed by atoms with Crippen molar-refractivity contribution in [3.05, 3.63) is 65.7 Å². The second-order valence-electron chi connectivity index (χ2n) is 8.40. The predicted molar refractivity (Wildman–Crippen MR) is 111 cm³/mol. The number of likely N-dealkylation sites (tertiary alicyclic amines) is 1. The number of phenols is 1. The summed E-state index contributed by atoms with van der Waals surface area (Å²) in [5.41, 5.74) is 1.94. The van der Waals surface area contributed by atoms with E-state index in [1.54, 1.807) is 12.1 Å². The molecule has 2 aromatic rings. The van der Waals surface area contributed by atoms with Crippen LogP contribution in [0.3, 0.4) is 0 Å². The number of rotatable bonds is 6. The number of amides is 2. The van der Waals surface area contributed by atoms with Gasteiger partial charge in [0.25, 0.3) is 0 Å². The molecule has 2 aliphatic heterocycles. The number of aryl methyl sites for hydroxylation is 1. The third-order valence-corrected chi connectivity index (χ3v) is 6.51. The third-order valence-electron chi connectivity index (χ3n) is 6.51. The Morgan fingerprint density at radius 2 is 1.69 bits per heavy atom. The Balaban J connectivity index is 1.43. The highest BCUT2D eigenvalue weighted by Crippen LogP contribution is 2.45. The minimum absolute atomic E-state index is 0.157. The third kappa shape index (κ3) is 4.35. The Hall–Kier alpha value is -2.66. The number of imide groups is 1. The molecule has 2 aromatic carbocycles. The molecular formula is C24H28N2O3. The first-order valence-corrected chi connectivity index (χ1v) is 10.4. The van der Waals surface area contributed by atoms with Gasteiger partial charge in [0.2, 0.25) is 11.8 Å². The molecule has 0 spiro atoms. The van der Waals surface area contributed by atoms with Crippen LogP contribution in [-0.2, 0) is 21.4 Å². The number of phenolic OH excluding ortho intramolecular Hbond substituents is 1. The number of aromatic hydroxyl groups is 1. The number of carbonyl (C=O) groups is 2. The van der Waals surface area contributed by atoms with Gasteiger partial charge in [0.15, 0.2) is 0 Å². The first kappa shape index (κ1) is 19.6. The zero-order valence-electron chi connectivity index (χ0n) is 16.6.